The quantitative estimate of drug-likeness (QED) is 0.533. The third kappa shape index (κ3) is 3.05. The zero-order valence-electron chi connectivity index (χ0n) is 11.5. The second-order valence-corrected chi connectivity index (χ2v) is 6.84. The topological polar surface area (TPSA) is 42.2 Å². The lowest BCUT2D eigenvalue weighted by Gasteiger charge is -2.34. The smallest absolute Gasteiger partial charge is 0.190 e. The molecule has 3 nitrogen and oxygen atoms in total. The Morgan fingerprint density at radius 3 is 2.90 bits per heavy atom. The molecular formula is C14H15FINO2S. The highest BCUT2D eigenvalue weighted by atomic mass is 127. The monoisotopic (exact) mass is 407 g/mol. The SMILES string of the molecule is Cc1cc2c(c(C(C#N)OSI)c1F)OC(C)(C)CC2. The van der Waals surface area contributed by atoms with Crippen LogP contribution in [0.2, 0.25) is 0 Å². The molecule has 2 rings (SSSR count). The number of ether oxygens (including phenoxy) is 1. The summed E-state index contributed by atoms with van der Waals surface area (Å²) in [6, 6.07) is 3.80. The van der Waals surface area contributed by atoms with Crippen LogP contribution in [-0.4, -0.2) is 5.60 Å². The summed E-state index contributed by atoms with van der Waals surface area (Å²) in [5.41, 5.74) is 1.32. The van der Waals surface area contributed by atoms with E-state index in [9.17, 15) is 9.65 Å². The third-order valence-corrected chi connectivity index (χ3v) is 4.28. The zero-order chi connectivity index (χ0) is 14.9. The number of hydrogen-bond acceptors (Lipinski definition) is 4. The molecule has 0 amide bonds. The van der Waals surface area contributed by atoms with Gasteiger partial charge in [-0.2, -0.15) is 5.26 Å². The van der Waals surface area contributed by atoms with Crippen LogP contribution in [-0.2, 0) is 10.6 Å². The maximum absolute atomic E-state index is 14.5. The number of nitriles is 1. The molecule has 1 heterocycles. The van der Waals surface area contributed by atoms with Gasteiger partial charge in [0.1, 0.15) is 23.2 Å². The predicted octanol–water partition coefficient (Wildman–Crippen LogP) is 4.82. The molecule has 1 aliphatic heterocycles. The van der Waals surface area contributed by atoms with E-state index in [-0.39, 0.29) is 11.2 Å². The summed E-state index contributed by atoms with van der Waals surface area (Å²) in [6.07, 6.45) is 0.703. The van der Waals surface area contributed by atoms with Crippen LogP contribution in [0.25, 0.3) is 0 Å². The molecule has 0 fully saturated rings. The van der Waals surface area contributed by atoms with Gasteiger partial charge in [0.25, 0.3) is 0 Å². The van der Waals surface area contributed by atoms with E-state index >= 15 is 0 Å². The summed E-state index contributed by atoms with van der Waals surface area (Å²) in [5.74, 6) is 0.0554. The van der Waals surface area contributed by atoms with Gasteiger partial charge in [-0.05, 0) is 50.8 Å². The molecule has 0 aliphatic carbocycles. The number of fused-ring (bicyclic) bond motifs is 1. The molecule has 6 heteroatoms. The van der Waals surface area contributed by atoms with Crippen molar-refractivity contribution in [1.29, 1.82) is 5.26 Å². The maximum atomic E-state index is 14.5. The summed E-state index contributed by atoms with van der Waals surface area (Å²) < 4.78 is 25.7. The summed E-state index contributed by atoms with van der Waals surface area (Å²) in [7, 11) is 1.02. The average molecular weight is 407 g/mol. The van der Waals surface area contributed by atoms with Gasteiger partial charge >= 0.3 is 0 Å². The standard InChI is InChI=1S/C14H15FINO2S/c1-8-6-9-4-5-14(2,3)18-13(9)11(12(8)15)10(7-17)19-20-16/h6,10H,4-5H2,1-3H3. The molecule has 0 N–H and O–H groups in total. The fraction of sp³-hybridized carbons (Fsp3) is 0.500. The fourth-order valence-corrected chi connectivity index (χ4v) is 3.18. The Morgan fingerprint density at radius 2 is 2.30 bits per heavy atom. The molecule has 0 bridgehead atoms. The van der Waals surface area contributed by atoms with Crippen molar-refractivity contribution >= 4 is 30.4 Å². The molecule has 20 heavy (non-hydrogen) atoms. The average Bonchev–Trinajstić information content (AvgIpc) is 2.39. The number of halogens is 2. The Labute approximate surface area is 134 Å². The van der Waals surface area contributed by atoms with Crippen LogP contribution in [0.5, 0.6) is 5.75 Å². The molecule has 1 aromatic carbocycles. The molecule has 1 aliphatic rings. The summed E-state index contributed by atoms with van der Waals surface area (Å²) in [4.78, 5) is 0. The molecule has 1 aromatic rings. The molecule has 0 saturated heterocycles. The van der Waals surface area contributed by atoms with Gasteiger partial charge in [0.15, 0.2) is 6.10 Å². The normalized spacial score (nSPS) is 17.8. The van der Waals surface area contributed by atoms with Gasteiger partial charge in [-0.25, -0.2) is 4.39 Å². The van der Waals surface area contributed by atoms with Crippen LogP contribution in [0.4, 0.5) is 4.39 Å². The number of benzene rings is 1. The van der Waals surface area contributed by atoms with E-state index in [0.717, 1.165) is 27.6 Å². The van der Waals surface area contributed by atoms with Crippen LogP contribution in [0.1, 0.15) is 43.1 Å². The third-order valence-electron chi connectivity index (χ3n) is 3.40. The maximum Gasteiger partial charge on any atom is 0.190 e. The van der Waals surface area contributed by atoms with Crippen LogP contribution in [0.3, 0.4) is 0 Å². The van der Waals surface area contributed by atoms with Crippen molar-refractivity contribution in [2.75, 3.05) is 0 Å². The second-order valence-electron chi connectivity index (χ2n) is 5.44. The van der Waals surface area contributed by atoms with Crippen molar-refractivity contribution in [3.05, 3.63) is 28.6 Å². The van der Waals surface area contributed by atoms with Crippen LogP contribution >= 0.6 is 30.4 Å². The molecule has 108 valence electrons. The summed E-state index contributed by atoms with van der Waals surface area (Å²) >= 11 is 1.92. The molecule has 0 radical (unpaired) electrons. The van der Waals surface area contributed by atoms with E-state index in [4.69, 9.17) is 8.92 Å². The minimum absolute atomic E-state index is 0.222. The number of hydrogen-bond donors (Lipinski definition) is 0. The number of rotatable bonds is 3. The van der Waals surface area contributed by atoms with Gasteiger partial charge in [-0.15, -0.1) is 0 Å². The van der Waals surface area contributed by atoms with Crippen LogP contribution in [0, 0.1) is 24.1 Å². The lowest BCUT2D eigenvalue weighted by Crippen LogP contribution is -2.33. The molecule has 0 spiro atoms. The highest BCUT2D eigenvalue weighted by Crippen LogP contribution is 2.43. The summed E-state index contributed by atoms with van der Waals surface area (Å²) in [5, 5.41) is 9.24. The first-order chi connectivity index (χ1) is 9.39. The Morgan fingerprint density at radius 1 is 1.60 bits per heavy atom. The molecule has 1 unspecified atom stereocenters. The Kier molecular flexibility index (Phi) is 4.82. The van der Waals surface area contributed by atoms with Crippen molar-refractivity contribution in [3.63, 3.8) is 0 Å². The zero-order valence-corrected chi connectivity index (χ0v) is 14.5. The van der Waals surface area contributed by atoms with Crippen molar-refractivity contribution in [3.8, 4) is 11.8 Å². The van der Waals surface area contributed by atoms with Crippen LogP contribution < -0.4 is 4.74 Å². The van der Waals surface area contributed by atoms with E-state index in [1.54, 1.807) is 13.0 Å². The Hall–Kier alpha value is -0.520. The van der Waals surface area contributed by atoms with Gasteiger partial charge in [0.2, 0.25) is 0 Å². The van der Waals surface area contributed by atoms with Crippen molar-refractivity contribution in [2.45, 2.75) is 45.3 Å². The van der Waals surface area contributed by atoms with Gasteiger partial charge in [0.05, 0.1) is 14.8 Å². The van der Waals surface area contributed by atoms with E-state index in [1.165, 1.54) is 0 Å². The second kappa shape index (κ2) is 6.08. The van der Waals surface area contributed by atoms with E-state index in [0.29, 0.717) is 11.3 Å². The number of nitrogens with zero attached hydrogens (tertiary/aromatic N) is 1. The van der Waals surface area contributed by atoms with E-state index in [2.05, 4.69) is 0 Å². The largest absolute Gasteiger partial charge is 0.487 e. The van der Waals surface area contributed by atoms with E-state index in [1.807, 2.05) is 41.1 Å². The first-order valence-electron chi connectivity index (χ1n) is 6.24. The molecule has 0 saturated carbocycles. The minimum atomic E-state index is -0.973. The Balaban J connectivity index is 2.60. The van der Waals surface area contributed by atoms with Crippen molar-refractivity contribution < 1.29 is 13.3 Å². The predicted molar refractivity (Wildman–Crippen MR) is 85.2 cm³/mol. The first-order valence-corrected chi connectivity index (χ1v) is 9.52. The molecule has 0 aromatic heterocycles. The molecule has 1 atom stereocenters. The number of aryl methyl sites for hydroxylation is 2. The van der Waals surface area contributed by atoms with Crippen molar-refractivity contribution in [2.24, 2.45) is 0 Å². The molecular weight excluding hydrogens is 392 g/mol. The van der Waals surface area contributed by atoms with Gasteiger partial charge in [-0.1, -0.05) is 0 Å². The Bertz CT molecular complexity index is 571. The fourth-order valence-electron chi connectivity index (χ4n) is 2.35. The first kappa shape index (κ1) is 15.9. The van der Waals surface area contributed by atoms with E-state index < -0.39 is 11.9 Å². The van der Waals surface area contributed by atoms with Crippen LogP contribution in [0.15, 0.2) is 6.07 Å². The van der Waals surface area contributed by atoms with Gasteiger partial charge in [0, 0.05) is 21.2 Å². The van der Waals surface area contributed by atoms with Crippen molar-refractivity contribution in [1.82, 2.24) is 0 Å². The van der Waals surface area contributed by atoms with Gasteiger partial charge < -0.3 is 4.74 Å². The highest BCUT2D eigenvalue weighted by molar-refractivity contribution is 14.2. The van der Waals surface area contributed by atoms with Gasteiger partial charge in [-0.3, -0.25) is 4.18 Å². The lowest BCUT2D eigenvalue weighted by molar-refractivity contribution is 0.0802. The lowest BCUT2D eigenvalue weighted by atomic mass is 9.90. The highest BCUT2D eigenvalue weighted by Gasteiger charge is 2.33. The minimum Gasteiger partial charge on any atom is -0.487 e. The summed E-state index contributed by atoms with van der Waals surface area (Å²) in [6.45, 7) is 5.63.